The number of nitrogens with one attached hydrogen (secondary N) is 3. The average Bonchev–Trinajstić information content (AvgIpc) is 2.81. The van der Waals surface area contributed by atoms with E-state index in [1.54, 1.807) is 61.5 Å². The zero-order valence-electron chi connectivity index (χ0n) is 17.3. The molecule has 0 aliphatic carbocycles. The monoisotopic (exact) mass is 441 g/mol. The van der Waals surface area contributed by atoms with Gasteiger partial charge in [-0.05, 0) is 31.2 Å². The van der Waals surface area contributed by atoms with Crippen LogP contribution in [0.15, 0.2) is 54.6 Å². The van der Waals surface area contributed by atoms with Gasteiger partial charge in [-0.15, -0.1) is 0 Å². The zero-order chi connectivity index (χ0) is 22.9. The fourth-order valence-corrected chi connectivity index (χ4v) is 2.80. The van der Waals surface area contributed by atoms with Gasteiger partial charge in [0.05, 0.1) is 6.42 Å². The fraction of sp³-hybridized carbons (Fsp3) is 0.273. The van der Waals surface area contributed by atoms with Gasteiger partial charge in [0.25, 0.3) is 17.7 Å². The quantitative estimate of drug-likeness (QED) is 0.426. The maximum Gasteiger partial charge on any atom is 0.308 e. The molecule has 1 aliphatic heterocycles. The van der Waals surface area contributed by atoms with Gasteiger partial charge >= 0.3 is 5.97 Å². The number of para-hydroxylation sites is 2. The average molecular weight is 441 g/mol. The second-order valence-electron chi connectivity index (χ2n) is 7.01. The van der Waals surface area contributed by atoms with E-state index < -0.39 is 36.5 Å². The molecule has 1 heterocycles. The van der Waals surface area contributed by atoms with Crippen LogP contribution in [0, 0.1) is 0 Å². The molecule has 0 saturated carbocycles. The molecule has 0 radical (unpaired) electrons. The Kier molecular flexibility index (Phi) is 7.63. The maximum absolute atomic E-state index is 12.1. The van der Waals surface area contributed by atoms with Crippen LogP contribution in [-0.4, -0.2) is 49.1 Å². The highest BCUT2D eigenvalue weighted by atomic mass is 16.6. The van der Waals surface area contributed by atoms with Crippen molar-refractivity contribution in [1.82, 2.24) is 16.2 Å². The predicted octanol–water partition coefficient (Wildman–Crippen LogP) is 0.726. The van der Waals surface area contributed by atoms with Gasteiger partial charge in [0.15, 0.2) is 18.1 Å². The van der Waals surface area contributed by atoms with Crippen LogP contribution in [0.5, 0.6) is 11.5 Å². The van der Waals surface area contributed by atoms with E-state index in [2.05, 4.69) is 16.2 Å². The van der Waals surface area contributed by atoms with Crippen molar-refractivity contribution in [2.24, 2.45) is 0 Å². The predicted molar refractivity (Wildman–Crippen MR) is 112 cm³/mol. The van der Waals surface area contributed by atoms with E-state index in [9.17, 15) is 19.2 Å². The lowest BCUT2D eigenvalue weighted by Gasteiger charge is -2.25. The molecule has 0 fully saturated rings. The standard InChI is InChI=1S/C22H23N3O7/c1-14(23-21(28)15-7-3-2-4-8-15)11-20(27)31-13-19(26)24-25-22(29)18-12-30-16-9-5-6-10-17(16)32-18/h2-10,14,18H,11-13H2,1H3,(H,23,28)(H,24,26)(H,25,29). The van der Waals surface area contributed by atoms with Gasteiger partial charge in [-0.2, -0.15) is 0 Å². The highest BCUT2D eigenvalue weighted by Gasteiger charge is 2.27. The molecular weight excluding hydrogens is 418 g/mol. The summed E-state index contributed by atoms with van der Waals surface area (Å²) in [6.45, 7) is 1.04. The van der Waals surface area contributed by atoms with Crippen LogP contribution >= 0.6 is 0 Å². The number of rotatable bonds is 7. The molecule has 0 spiro atoms. The number of hydrogen-bond donors (Lipinski definition) is 3. The summed E-state index contributed by atoms with van der Waals surface area (Å²) < 4.78 is 15.8. The molecule has 168 valence electrons. The number of amides is 3. The number of ether oxygens (including phenoxy) is 3. The Hall–Kier alpha value is -4.08. The third-order valence-electron chi connectivity index (χ3n) is 4.38. The Morgan fingerprint density at radius 3 is 2.44 bits per heavy atom. The van der Waals surface area contributed by atoms with E-state index in [1.807, 2.05) is 0 Å². The maximum atomic E-state index is 12.1. The summed E-state index contributed by atoms with van der Waals surface area (Å²) in [4.78, 5) is 47.9. The number of hydrazine groups is 1. The van der Waals surface area contributed by atoms with Crippen LogP contribution < -0.4 is 25.6 Å². The first-order valence-electron chi connectivity index (χ1n) is 9.91. The van der Waals surface area contributed by atoms with Gasteiger partial charge in [-0.3, -0.25) is 30.0 Å². The molecule has 1 aliphatic rings. The van der Waals surface area contributed by atoms with Crippen molar-refractivity contribution >= 4 is 23.7 Å². The van der Waals surface area contributed by atoms with Crippen molar-refractivity contribution in [1.29, 1.82) is 0 Å². The zero-order valence-corrected chi connectivity index (χ0v) is 17.3. The van der Waals surface area contributed by atoms with Gasteiger partial charge in [-0.1, -0.05) is 30.3 Å². The van der Waals surface area contributed by atoms with Gasteiger partial charge in [0, 0.05) is 11.6 Å². The van der Waals surface area contributed by atoms with E-state index in [4.69, 9.17) is 14.2 Å². The lowest BCUT2D eigenvalue weighted by molar-refractivity contribution is -0.149. The Bertz CT molecular complexity index is 980. The molecule has 32 heavy (non-hydrogen) atoms. The van der Waals surface area contributed by atoms with Gasteiger partial charge in [0.1, 0.15) is 6.61 Å². The minimum atomic E-state index is -0.943. The lowest BCUT2D eigenvalue weighted by atomic mass is 10.2. The number of benzene rings is 2. The van der Waals surface area contributed by atoms with Crippen molar-refractivity contribution in [2.45, 2.75) is 25.5 Å². The van der Waals surface area contributed by atoms with Crippen LogP contribution in [0.2, 0.25) is 0 Å². The molecule has 10 heteroatoms. The Morgan fingerprint density at radius 1 is 1.00 bits per heavy atom. The van der Waals surface area contributed by atoms with Crippen LogP contribution in [-0.2, 0) is 19.1 Å². The molecule has 2 unspecified atom stereocenters. The van der Waals surface area contributed by atoms with E-state index in [0.29, 0.717) is 17.1 Å². The second-order valence-corrected chi connectivity index (χ2v) is 7.01. The molecule has 0 bridgehead atoms. The Balaban J connectivity index is 1.33. The topological polar surface area (TPSA) is 132 Å². The van der Waals surface area contributed by atoms with Gasteiger partial charge in [-0.25, -0.2) is 0 Å². The molecule has 0 aromatic heterocycles. The first-order chi connectivity index (χ1) is 15.4. The smallest absolute Gasteiger partial charge is 0.308 e. The van der Waals surface area contributed by atoms with Crippen molar-refractivity contribution in [2.75, 3.05) is 13.2 Å². The number of fused-ring (bicyclic) bond motifs is 1. The van der Waals surface area contributed by atoms with E-state index in [-0.39, 0.29) is 18.9 Å². The number of hydrogen-bond acceptors (Lipinski definition) is 7. The van der Waals surface area contributed by atoms with Crippen LogP contribution in [0.3, 0.4) is 0 Å². The summed E-state index contributed by atoms with van der Waals surface area (Å²) in [5.74, 6) is -1.38. The second kappa shape index (κ2) is 10.8. The fourth-order valence-electron chi connectivity index (χ4n) is 2.80. The van der Waals surface area contributed by atoms with E-state index in [1.165, 1.54) is 0 Å². The Morgan fingerprint density at radius 2 is 1.69 bits per heavy atom. The SMILES string of the molecule is CC(CC(=O)OCC(=O)NNC(=O)C1COc2ccccc2O1)NC(=O)c1ccccc1. The summed E-state index contributed by atoms with van der Waals surface area (Å²) in [5.41, 5.74) is 4.82. The largest absolute Gasteiger partial charge is 0.485 e. The van der Waals surface area contributed by atoms with Crippen molar-refractivity contribution in [3.63, 3.8) is 0 Å². The molecular formula is C22H23N3O7. The van der Waals surface area contributed by atoms with Crippen LogP contribution in [0.4, 0.5) is 0 Å². The molecule has 2 aromatic rings. The van der Waals surface area contributed by atoms with Crippen molar-refractivity contribution in [3.8, 4) is 11.5 Å². The molecule has 3 amide bonds. The highest BCUT2D eigenvalue weighted by Crippen LogP contribution is 2.30. The van der Waals surface area contributed by atoms with Gasteiger partial charge in [0.2, 0.25) is 6.10 Å². The summed E-state index contributed by atoms with van der Waals surface area (Å²) in [6.07, 6.45) is -1.06. The summed E-state index contributed by atoms with van der Waals surface area (Å²) in [5, 5.41) is 2.68. The molecule has 3 rings (SSSR count). The highest BCUT2D eigenvalue weighted by molar-refractivity contribution is 5.94. The number of carbonyl (C=O) groups is 4. The van der Waals surface area contributed by atoms with Crippen LogP contribution in [0.1, 0.15) is 23.7 Å². The van der Waals surface area contributed by atoms with E-state index >= 15 is 0 Å². The normalized spacial score (nSPS) is 15.1. The Labute approximate surface area is 184 Å². The summed E-state index contributed by atoms with van der Waals surface area (Å²) in [6, 6.07) is 15.0. The lowest BCUT2D eigenvalue weighted by Crippen LogP contribution is -2.51. The molecule has 2 aromatic carbocycles. The molecule has 2 atom stereocenters. The molecule has 10 nitrogen and oxygen atoms in total. The first-order valence-corrected chi connectivity index (χ1v) is 9.91. The number of carbonyl (C=O) groups excluding carboxylic acids is 4. The minimum Gasteiger partial charge on any atom is -0.485 e. The third kappa shape index (κ3) is 6.46. The minimum absolute atomic E-state index is 0.0136. The first kappa shape index (κ1) is 22.6. The van der Waals surface area contributed by atoms with Crippen LogP contribution in [0.25, 0.3) is 0 Å². The summed E-state index contributed by atoms with van der Waals surface area (Å²) >= 11 is 0. The van der Waals surface area contributed by atoms with Gasteiger partial charge < -0.3 is 19.5 Å². The summed E-state index contributed by atoms with van der Waals surface area (Å²) in [7, 11) is 0. The number of esters is 1. The third-order valence-corrected chi connectivity index (χ3v) is 4.38. The molecule has 0 saturated heterocycles. The van der Waals surface area contributed by atoms with Crippen molar-refractivity contribution < 1.29 is 33.4 Å². The van der Waals surface area contributed by atoms with Crippen molar-refractivity contribution in [3.05, 3.63) is 60.2 Å². The van der Waals surface area contributed by atoms with E-state index in [0.717, 1.165) is 0 Å². The molecule has 3 N–H and O–H groups in total.